The minimum atomic E-state index is 0. The Morgan fingerprint density at radius 3 is 2.40 bits per heavy atom. The molecule has 1 aromatic heterocycles. The second kappa shape index (κ2) is 6.88. The van der Waals surface area contributed by atoms with Gasteiger partial charge < -0.3 is 10.3 Å². The molecule has 0 bridgehead atoms. The maximum absolute atomic E-state index is 11.1. The van der Waals surface area contributed by atoms with Crippen molar-refractivity contribution in [2.24, 2.45) is 0 Å². The number of rotatable bonds is 1. The molecule has 0 radical (unpaired) electrons. The summed E-state index contributed by atoms with van der Waals surface area (Å²) < 4.78 is 0. The van der Waals surface area contributed by atoms with E-state index in [2.05, 4.69) is 10.3 Å². The quantitative estimate of drug-likeness (QED) is 0.797. The van der Waals surface area contributed by atoms with Gasteiger partial charge in [0.1, 0.15) is 0 Å². The van der Waals surface area contributed by atoms with Crippen LogP contribution in [0.5, 0.6) is 0 Å². The lowest BCUT2D eigenvalue weighted by Gasteiger charge is -2.22. The van der Waals surface area contributed by atoms with Crippen LogP contribution < -0.4 is 10.9 Å². The summed E-state index contributed by atoms with van der Waals surface area (Å²) in [5, 5.41) is 3.31. The average Bonchev–Trinajstić information content (AvgIpc) is 2.19. The lowest BCUT2D eigenvalue weighted by Crippen LogP contribution is -2.27. The smallest absolute Gasteiger partial charge is 0.248 e. The highest BCUT2D eigenvalue weighted by atomic mass is 35.5. The van der Waals surface area contributed by atoms with Gasteiger partial charge in [0, 0.05) is 17.7 Å². The molecule has 2 N–H and O–H groups in total. The van der Waals surface area contributed by atoms with E-state index in [9.17, 15) is 4.79 Å². The standard InChI is InChI=1S/C10H14N2O.2ClH/c13-10-3-1-2-9(12-10)8-4-6-11-7-5-8;;/h1-3,8,11H,4-7H2,(H,12,13);2*1H. The van der Waals surface area contributed by atoms with E-state index in [0.29, 0.717) is 5.92 Å². The Hall–Kier alpha value is -0.510. The minimum absolute atomic E-state index is 0. The van der Waals surface area contributed by atoms with Crippen LogP contribution in [0, 0.1) is 0 Å². The SMILES string of the molecule is Cl.Cl.O=c1cccc(C2CCNCC2)[nH]1. The number of halogens is 2. The predicted molar refractivity (Wildman–Crippen MR) is 66.4 cm³/mol. The molecule has 2 rings (SSSR count). The highest BCUT2D eigenvalue weighted by Gasteiger charge is 2.15. The number of pyridine rings is 1. The Balaban J connectivity index is 0.000000980. The first-order valence-electron chi connectivity index (χ1n) is 4.76. The van der Waals surface area contributed by atoms with Crippen molar-refractivity contribution in [3.8, 4) is 0 Å². The summed E-state index contributed by atoms with van der Waals surface area (Å²) in [4.78, 5) is 14.0. The van der Waals surface area contributed by atoms with Crippen LogP contribution >= 0.6 is 24.8 Å². The van der Waals surface area contributed by atoms with Gasteiger partial charge in [-0.25, -0.2) is 0 Å². The molecule has 1 aliphatic heterocycles. The van der Waals surface area contributed by atoms with E-state index in [-0.39, 0.29) is 30.4 Å². The lowest BCUT2D eigenvalue weighted by molar-refractivity contribution is 0.453. The van der Waals surface area contributed by atoms with Crippen LogP contribution in [0.25, 0.3) is 0 Å². The first-order chi connectivity index (χ1) is 6.36. The number of hydrogen-bond acceptors (Lipinski definition) is 2. The van der Waals surface area contributed by atoms with Crippen LogP contribution in [0.3, 0.4) is 0 Å². The fourth-order valence-electron chi connectivity index (χ4n) is 1.84. The van der Waals surface area contributed by atoms with Crippen molar-refractivity contribution in [3.05, 3.63) is 34.2 Å². The van der Waals surface area contributed by atoms with Gasteiger partial charge in [-0.3, -0.25) is 4.79 Å². The number of piperidine rings is 1. The Morgan fingerprint density at radius 2 is 1.80 bits per heavy atom. The maximum atomic E-state index is 11.1. The topological polar surface area (TPSA) is 44.9 Å². The van der Waals surface area contributed by atoms with Crippen LogP contribution in [0.4, 0.5) is 0 Å². The second-order valence-corrected chi connectivity index (χ2v) is 3.49. The molecular weight excluding hydrogens is 235 g/mol. The van der Waals surface area contributed by atoms with Crippen LogP contribution in [0.15, 0.2) is 23.0 Å². The Morgan fingerprint density at radius 1 is 1.13 bits per heavy atom. The molecule has 2 heterocycles. The van der Waals surface area contributed by atoms with Gasteiger partial charge in [-0.05, 0) is 32.0 Å². The van der Waals surface area contributed by atoms with Crippen molar-refractivity contribution in [1.82, 2.24) is 10.3 Å². The first-order valence-corrected chi connectivity index (χ1v) is 4.76. The van der Waals surface area contributed by atoms with E-state index < -0.39 is 0 Å². The van der Waals surface area contributed by atoms with Gasteiger partial charge >= 0.3 is 0 Å². The van der Waals surface area contributed by atoms with Gasteiger partial charge in [-0.2, -0.15) is 0 Å². The third kappa shape index (κ3) is 3.86. The third-order valence-electron chi connectivity index (χ3n) is 2.57. The zero-order valence-corrected chi connectivity index (χ0v) is 10.00. The van der Waals surface area contributed by atoms with E-state index in [4.69, 9.17) is 0 Å². The molecule has 3 nitrogen and oxygen atoms in total. The highest BCUT2D eigenvalue weighted by Crippen LogP contribution is 2.21. The van der Waals surface area contributed by atoms with Crippen LogP contribution in [-0.2, 0) is 0 Å². The van der Waals surface area contributed by atoms with Crippen LogP contribution in [-0.4, -0.2) is 18.1 Å². The molecule has 86 valence electrons. The molecular formula is C10H16Cl2N2O. The second-order valence-electron chi connectivity index (χ2n) is 3.49. The Bertz CT molecular complexity index is 334. The van der Waals surface area contributed by atoms with Gasteiger partial charge in [0.15, 0.2) is 0 Å². The first kappa shape index (κ1) is 14.5. The predicted octanol–water partition coefficient (Wildman–Crippen LogP) is 1.69. The van der Waals surface area contributed by atoms with Crippen LogP contribution in [0.1, 0.15) is 24.5 Å². The number of nitrogens with one attached hydrogen (secondary N) is 2. The van der Waals surface area contributed by atoms with E-state index in [1.165, 1.54) is 0 Å². The summed E-state index contributed by atoms with van der Waals surface area (Å²) in [6, 6.07) is 5.40. The van der Waals surface area contributed by atoms with E-state index >= 15 is 0 Å². The zero-order chi connectivity index (χ0) is 9.10. The van der Waals surface area contributed by atoms with Gasteiger partial charge in [-0.1, -0.05) is 6.07 Å². The maximum Gasteiger partial charge on any atom is 0.248 e. The summed E-state index contributed by atoms with van der Waals surface area (Å²) in [7, 11) is 0. The van der Waals surface area contributed by atoms with Crippen molar-refractivity contribution in [2.75, 3.05) is 13.1 Å². The van der Waals surface area contributed by atoms with E-state index in [1.807, 2.05) is 12.1 Å². The molecule has 0 aromatic carbocycles. The zero-order valence-electron chi connectivity index (χ0n) is 8.36. The summed E-state index contributed by atoms with van der Waals surface area (Å²) in [6.45, 7) is 2.11. The Kier molecular flexibility index (Phi) is 6.65. The number of aromatic amines is 1. The lowest BCUT2D eigenvalue weighted by atomic mass is 9.94. The highest BCUT2D eigenvalue weighted by molar-refractivity contribution is 5.85. The fraction of sp³-hybridized carbons (Fsp3) is 0.500. The molecule has 0 aliphatic carbocycles. The largest absolute Gasteiger partial charge is 0.326 e. The van der Waals surface area contributed by atoms with Gasteiger partial charge in [-0.15, -0.1) is 24.8 Å². The van der Waals surface area contributed by atoms with Gasteiger partial charge in [0.2, 0.25) is 5.56 Å². The van der Waals surface area contributed by atoms with Crippen LogP contribution in [0.2, 0.25) is 0 Å². The number of H-pyrrole nitrogens is 1. The molecule has 1 fully saturated rings. The summed E-state index contributed by atoms with van der Waals surface area (Å²) in [5.41, 5.74) is 1.10. The van der Waals surface area contributed by atoms with Crippen molar-refractivity contribution in [2.45, 2.75) is 18.8 Å². The van der Waals surface area contributed by atoms with Crippen molar-refractivity contribution >= 4 is 24.8 Å². The Labute approximate surface area is 101 Å². The molecule has 0 saturated carbocycles. The van der Waals surface area contributed by atoms with E-state index in [0.717, 1.165) is 31.6 Å². The molecule has 1 aromatic rings. The molecule has 0 atom stereocenters. The molecule has 0 spiro atoms. The normalized spacial score (nSPS) is 16.3. The van der Waals surface area contributed by atoms with Crippen molar-refractivity contribution in [1.29, 1.82) is 0 Å². The fourth-order valence-corrected chi connectivity index (χ4v) is 1.84. The summed E-state index contributed by atoms with van der Waals surface area (Å²) in [5.74, 6) is 0.537. The number of hydrogen-bond donors (Lipinski definition) is 2. The average molecular weight is 251 g/mol. The molecule has 0 unspecified atom stereocenters. The molecule has 5 heteroatoms. The van der Waals surface area contributed by atoms with Crippen molar-refractivity contribution in [3.63, 3.8) is 0 Å². The van der Waals surface area contributed by atoms with Gasteiger partial charge in [0.05, 0.1) is 0 Å². The van der Waals surface area contributed by atoms with Crippen molar-refractivity contribution < 1.29 is 0 Å². The molecule has 15 heavy (non-hydrogen) atoms. The van der Waals surface area contributed by atoms with Gasteiger partial charge in [0.25, 0.3) is 0 Å². The summed E-state index contributed by atoms with van der Waals surface area (Å²) >= 11 is 0. The molecule has 1 aliphatic rings. The summed E-state index contributed by atoms with van der Waals surface area (Å²) in [6.07, 6.45) is 2.25. The monoisotopic (exact) mass is 250 g/mol. The van der Waals surface area contributed by atoms with E-state index in [1.54, 1.807) is 6.07 Å². The molecule has 0 amide bonds. The molecule has 1 saturated heterocycles. The number of aromatic nitrogens is 1. The third-order valence-corrected chi connectivity index (χ3v) is 2.57. The minimum Gasteiger partial charge on any atom is -0.326 e.